The third-order valence-corrected chi connectivity index (χ3v) is 18.6. The van der Waals surface area contributed by atoms with Gasteiger partial charge < -0.3 is 89.9 Å². The van der Waals surface area contributed by atoms with Crippen LogP contribution in [0, 0.1) is 0 Å². The van der Waals surface area contributed by atoms with Crippen molar-refractivity contribution in [3.8, 4) is 0 Å². The fraction of sp³-hybridized carbons (Fsp3) is 0.957. The molecule has 3 aliphatic heterocycles. The van der Waals surface area contributed by atoms with Gasteiger partial charge >= 0.3 is 0 Å². The molecule has 0 aromatic carbocycles. The molecule has 3 fully saturated rings. The zero-order chi connectivity index (χ0) is 64.7. The number of amides is 1. The first-order chi connectivity index (χ1) is 43.3. The Morgan fingerprint density at radius 3 is 1.09 bits per heavy atom. The fourth-order valence-electron chi connectivity index (χ4n) is 12.7. The number of nitrogens with one attached hydrogen (secondary N) is 1. The Morgan fingerprint density at radius 2 is 0.708 bits per heavy atom. The van der Waals surface area contributed by atoms with Crippen molar-refractivity contribution in [2.75, 3.05) is 26.4 Å². The van der Waals surface area contributed by atoms with Gasteiger partial charge in [-0.25, -0.2) is 0 Å². The van der Waals surface area contributed by atoms with E-state index in [0.717, 1.165) is 57.8 Å². The summed E-state index contributed by atoms with van der Waals surface area (Å²) in [6.45, 7) is 1.76. The molecule has 19 nitrogen and oxygen atoms in total. The third kappa shape index (κ3) is 34.7. The van der Waals surface area contributed by atoms with Gasteiger partial charge in [-0.15, -0.1) is 0 Å². The molecule has 0 aliphatic carbocycles. The average molecular weight is 1280 g/mol. The Hall–Kier alpha value is -1.47. The second-order valence-corrected chi connectivity index (χ2v) is 26.4. The molecule has 19 heteroatoms. The maximum atomic E-state index is 13.3. The Balaban J connectivity index is 1.24. The molecule has 3 rings (SSSR count). The van der Waals surface area contributed by atoms with Crippen LogP contribution in [0.3, 0.4) is 0 Å². The fourth-order valence-corrected chi connectivity index (χ4v) is 12.7. The molecule has 0 bridgehead atoms. The standard InChI is InChI=1S/C70H133NO18/c1-3-5-7-9-11-12-13-14-15-16-17-18-19-20-21-22-23-24-25-26-27-28-29-30-31-32-33-34-35-36-37-38-39-40-42-44-46-48-58(76)71-53(54(75)47-45-43-41-10-8-6-4-2)52-84-68-64(82)61(79)66(56(50-73)86-68)89-70-65(83)62(80)67(57(51-74)87-70)88-69-63(81)60(78)59(77)55(49-72)85-69/h16-17,53-57,59-70,72-75,77-83H,3-15,18-52H2,1-2H3,(H,71,76)/b17-16-. The lowest BCUT2D eigenvalue weighted by atomic mass is 9.96. The molecule has 3 saturated heterocycles. The first kappa shape index (κ1) is 81.8. The quantitative estimate of drug-likeness (QED) is 0.0199. The molecule has 17 atom stereocenters. The highest BCUT2D eigenvalue weighted by molar-refractivity contribution is 5.76. The molecule has 3 aliphatic rings. The molecular formula is C70H133NO18. The van der Waals surface area contributed by atoms with Crippen LogP contribution in [-0.2, 0) is 33.2 Å². The van der Waals surface area contributed by atoms with E-state index in [9.17, 15) is 61.0 Å². The summed E-state index contributed by atoms with van der Waals surface area (Å²) in [4.78, 5) is 13.3. The SMILES string of the molecule is CCCCCCCCCC/C=C\CCCCCCCCCCCCCCCCCCCCCCCCCCCC(=O)NC(COC1OC(CO)C(OC2OC(CO)C(OC3OC(CO)C(O)C(O)C3O)C(O)C2O)C(O)C1O)C(O)CCCCCCCCC. The number of aliphatic hydroxyl groups is 11. The summed E-state index contributed by atoms with van der Waals surface area (Å²) in [6, 6.07) is -0.880. The molecule has 0 saturated carbocycles. The largest absolute Gasteiger partial charge is 0.394 e. The van der Waals surface area contributed by atoms with Gasteiger partial charge in [0.25, 0.3) is 0 Å². The number of aliphatic hydroxyl groups excluding tert-OH is 11. The van der Waals surface area contributed by atoms with Gasteiger partial charge in [0.1, 0.15) is 73.2 Å². The van der Waals surface area contributed by atoms with Gasteiger partial charge in [-0.3, -0.25) is 4.79 Å². The minimum atomic E-state index is -1.97. The van der Waals surface area contributed by atoms with Gasteiger partial charge in [-0.2, -0.15) is 0 Å². The van der Waals surface area contributed by atoms with Gasteiger partial charge in [-0.05, 0) is 38.5 Å². The normalized spacial score (nSPS) is 28.2. The van der Waals surface area contributed by atoms with Crippen molar-refractivity contribution in [1.82, 2.24) is 5.32 Å². The van der Waals surface area contributed by atoms with E-state index in [4.69, 9.17) is 28.4 Å². The summed E-state index contributed by atoms with van der Waals surface area (Å²) < 4.78 is 34.3. The Kier molecular flexibility index (Phi) is 48.5. The van der Waals surface area contributed by atoms with E-state index in [0.29, 0.717) is 12.8 Å². The number of hydrogen-bond acceptors (Lipinski definition) is 18. The Bertz CT molecular complexity index is 1670. The predicted octanol–water partition coefficient (Wildman–Crippen LogP) is 10.1. The predicted molar refractivity (Wildman–Crippen MR) is 347 cm³/mol. The number of ether oxygens (including phenoxy) is 6. The van der Waals surface area contributed by atoms with Crippen LogP contribution in [0.25, 0.3) is 0 Å². The van der Waals surface area contributed by atoms with Crippen LogP contribution in [-0.4, -0.2) is 193 Å². The molecule has 17 unspecified atom stereocenters. The van der Waals surface area contributed by atoms with Gasteiger partial charge in [0, 0.05) is 6.42 Å². The molecule has 89 heavy (non-hydrogen) atoms. The molecule has 0 spiro atoms. The van der Waals surface area contributed by atoms with E-state index in [2.05, 4.69) is 31.3 Å². The lowest BCUT2D eigenvalue weighted by molar-refractivity contribution is -0.379. The molecular weight excluding hydrogens is 1140 g/mol. The molecule has 526 valence electrons. The highest BCUT2D eigenvalue weighted by atomic mass is 16.8. The van der Waals surface area contributed by atoms with Crippen molar-refractivity contribution in [2.45, 2.75) is 401 Å². The van der Waals surface area contributed by atoms with Crippen molar-refractivity contribution in [2.24, 2.45) is 0 Å². The number of carbonyl (C=O) groups is 1. The zero-order valence-corrected chi connectivity index (χ0v) is 55.7. The Morgan fingerprint density at radius 1 is 0.393 bits per heavy atom. The van der Waals surface area contributed by atoms with E-state index in [-0.39, 0.29) is 18.9 Å². The van der Waals surface area contributed by atoms with Gasteiger partial charge in [0.2, 0.25) is 5.91 Å². The lowest BCUT2D eigenvalue weighted by Crippen LogP contribution is -2.66. The Labute approximate surface area is 537 Å². The van der Waals surface area contributed by atoms with E-state index < -0.39 is 124 Å². The second-order valence-electron chi connectivity index (χ2n) is 26.4. The van der Waals surface area contributed by atoms with Gasteiger partial charge in [-0.1, -0.05) is 264 Å². The summed E-state index contributed by atoms with van der Waals surface area (Å²) in [5, 5.41) is 120. The van der Waals surface area contributed by atoms with E-state index in [1.165, 1.54) is 205 Å². The summed E-state index contributed by atoms with van der Waals surface area (Å²) in [7, 11) is 0. The molecule has 1 amide bonds. The van der Waals surface area contributed by atoms with Crippen molar-refractivity contribution in [3.63, 3.8) is 0 Å². The van der Waals surface area contributed by atoms with Crippen molar-refractivity contribution in [1.29, 1.82) is 0 Å². The summed E-state index contributed by atoms with van der Waals surface area (Å²) >= 11 is 0. The van der Waals surface area contributed by atoms with E-state index in [1.54, 1.807) is 0 Å². The number of allylic oxidation sites excluding steroid dienone is 2. The molecule has 0 aromatic heterocycles. The number of carbonyl (C=O) groups excluding carboxylic acids is 1. The van der Waals surface area contributed by atoms with Crippen LogP contribution in [0.1, 0.15) is 296 Å². The van der Waals surface area contributed by atoms with Crippen molar-refractivity contribution in [3.05, 3.63) is 12.2 Å². The minimum absolute atomic E-state index is 0.241. The molecule has 0 aromatic rings. The van der Waals surface area contributed by atoms with Crippen molar-refractivity contribution >= 4 is 5.91 Å². The monoisotopic (exact) mass is 1280 g/mol. The first-order valence-corrected chi connectivity index (χ1v) is 36.4. The average Bonchev–Trinajstić information content (AvgIpc) is 2.14. The maximum Gasteiger partial charge on any atom is 0.220 e. The van der Waals surface area contributed by atoms with Crippen LogP contribution >= 0.6 is 0 Å². The zero-order valence-electron chi connectivity index (χ0n) is 55.7. The van der Waals surface area contributed by atoms with E-state index >= 15 is 0 Å². The van der Waals surface area contributed by atoms with Crippen LogP contribution in [0.15, 0.2) is 12.2 Å². The number of hydrogen-bond donors (Lipinski definition) is 12. The summed E-state index contributed by atoms with van der Waals surface area (Å²) in [5.74, 6) is -0.241. The van der Waals surface area contributed by atoms with Crippen LogP contribution in [0.2, 0.25) is 0 Å². The molecule has 0 radical (unpaired) electrons. The van der Waals surface area contributed by atoms with Crippen molar-refractivity contribution < 1.29 is 89.4 Å². The van der Waals surface area contributed by atoms with Crippen LogP contribution < -0.4 is 5.32 Å². The summed E-state index contributed by atoms with van der Waals surface area (Å²) in [6.07, 6.45) is 32.5. The minimum Gasteiger partial charge on any atom is -0.394 e. The van der Waals surface area contributed by atoms with Gasteiger partial charge in [0.05, 0.1) is 38.6 Å². The lowest BCUT2D eigenvalue weighted by Gasteiger charge is -2.48. The van der Waals surface area contributed by atoms with E-state index in [1.807, 2.05) is 0 Å². The highest BCUT2D eigenvalue weighted by Gasteiger charge is 2.53. The first-order valence-electron chi connectivity index (χ1n) is 36.4. The van der Waals surface area contributed by atoms with Gasteiger partial charge in [0.15, 0.2) is 18.9 Å². The number of rotatable bonds is 57. The topological polar surface area (TPSA) is 307 Å². The van der Waals surface area contributed by atoms with Crippen LogP contribution in [0.5, 0.6) is 0 Å². The maximum absolute atomic E-state index is 13.3. The highest BCUT2D eigenvalue weighted by Crippen LogP contribution is 2.33. The number of unbranched alkanes of at least 4 members (excludes halogenated alkanes) is 39. The second kappa shape index (κ2) is 52.8. The smallest absolute Gasteiger partial charge is 0.220 e. The molecule has 12 N–H and O–H groups in total. The molecule has 3 heterocycles. The van der Waals surface area contributed by atoms with Crippen LogP contribution in [0.4, 0.5) is 0 Å². The third-order valence-electron chi connectivity index (χ3n) is 18.6. The summed E-state index contributed by atoms with van der Waals surface area (Å²) in [5.41, 5.74) is 0.